The molecule has 0 radical (unpaired) electrons. The highest BCUT2D eigenvalue weighted by Crippen LogP contribution is 2.29. The normalized spacial score (nSPS) is 24.6. The van der Waals surface area contributed by atoms with Crippen molar-refractivity contribution in [1.82, 2.24) is 14.9 Å². The van der Waals surface area contributed by atoms with Crippen molar-refractivity contribution < 1.29 is 4.39 Å². The predicted octanol–water partition coefficient (Wildman–Crippen LogP) is 2.04. The van der Waals surface area contributed by atoms with Crippen molar-refractivity contribution in [3.8, 4) is 0 Å². The third-order valence-electron chi connectivity index (χ3n) is 3.75. The van der Waals surface area contributed by atoms with E-state index in [1.807, 2.05) is 17.7 Å². The molecule has 2 aromatic rings. The summed E-state index contributed by atoms with van der Waals surface area (Å²) in [5.41, 5.74) is 1.36. The minimum atomic E-state index is -0.233. The largest absolute Gasteiger partial charge is 0.331 e. The molecule has 2 unspecified atom stereocenters. The summed E-state index contributed by atoms with van der Waals surface area (Å²) in [5.74, 6) is 1.69. The van der Waals surface area contributed by atoms with Gasteiger partial charge in [-0.3, -0.25) is 0 Å². The molecule has 3 rings (SSSR count). The highest BCUT2D eigenvalue weighted by atomic mass is 19.1. The Balaban J connectivity index is 2.17. The van der Waals surface area contributed by atoms with E-state index in [-0.39, 0.29) is 5.82 Å². The zero-order valence-electron chi connectivity index (χ0n) is 10.1. The Morgan fingerprint density at radius 2 is 2.24 bits per heavy atom. The van der Waals surface area contributed by atoms with Crippen LogP contribution in [-0.4, -0.2) is 22.6 Å². The Morgan fingerprint density at radius 1 is 1.41 bits per heavy atom. The van der Waals surface area contributed by atoms with Gasteiger partial charge in [-0.25, -0.2) is 9.37 Å². The average Bonchev–Trinajstić information content (AvgIpc) is 2.85. The fraction of sp³-hybridized carbons (Fsp3) is 0.462. The molecule has 0 saturated carbocycles. The van der Waals surface area contributed by atoms with Crippen molar-refractivity contribution in [2.24, 2.45) is 13.0 Å². The van der Waals surface area contributed by atoms with Crippen LogP contribution in [0.25, 0.3) is 11.0 Å². The van der Waals surface area contributed by atoms with Gasteiger partial charge in [0.05, 0.1) is 5.52 Å². The van der Waals surface area contributed by atoms with Gasteiger partial charge >= 0.3 is 0 Å². The van der Waals surface area contributed by atoms with Crippen LogP contribution in [0.3, 0.4) is 0 Å². The van der Waals surface area contributed by atoms with E-state index in [9.17, 15) is 4.39 Å². The Morgan fingerprint density at radius 3 is 2.88 bits per heavy atom. The molecule has 90 valence electrons. The molecule has 1 aliphatic heterocycles. The van der Waals surface area contributed by atoms with E-state index in [0.717, 1.165) is 24.4 Å². The Kier molecular flexibility index (Phi) is 2.40. The summed E-state index contributed by atoms with van der Waals surface area (Å²) in [6, 6.07) is 5.12. The summed E-state index contributed by atoms with van der Waals surface area (Å²) >= 11 is 0. The molecule has 0 bridgehead atoms. The van der Waals surface area contributed by atoms with Crippen LogP contribution in [0.15, 0.2) is 18.2 Å². The average molecular weight is 233 g/mol. The first-order chi connectivity index (χ1) is 8.18. The number of halogens is 1. The number of aryl methyl sites for hydroxylation is 1. The first-order valence-corrected chi connectivity index (χ1v) is 6.00. The van der Waals surface area contributed by atoms with Gasteiger partial charge in [-0.1, -0.05) is 13.0 Å². The second-order valence-corrected chi connectivity index (χ2v) is 4.88. The molecule has 1 aromatic carbocycles. The van der Waals surface area contributed by atoms with Gasteiger partial charge in [-0.15, -0.1) is 0 Å². The SMILES string of the molecule is CC1CNCC1c1nc2c(F)cccc2n1C. The maximum absolute atomic E-state index is 13.7. The number of imidazole rings is 1. The van der Waals surface area contributed by atoms with Gasteiger partial charge in [0.2, 0.25) is 0 Å². The molecule has 1 aliphatic rings. The smallest absolute Gasteiger partial charge is 0.151 e. The van der Waals surface area contributed by atoms with Crippen molar-refractivity contribution in [2.75, 3.05) is 13.1 Å². The lowest BCUT2D eigenvalue weighted by atomic mass is 9.97. The number of aromatic nitrogens is 2. The lowest BCUT2D eigenvalue weighted by molar-refractivity contribution is 0.533. The fourth-order valence-electron chi connectivity index (χ4n) is 2.69. The first-order valence-electron chi connectivity index (χ1n) is 6.00. The van der Waals surface area contributed by atoms with Crippen molar-refractivity contribution in [2.45, 2.75) is 12.8 Å². The molecule has 1 N–H and O–H groups in total. The lowest BCUT2D eigenvalue weighted by Crippen LogP contribution is -2.13. The second-order valence-electron chi connectivity index (χ2n) is 4.88. The predicted molar refractivity (Wildman–Crippen MR) is 65.4 cm³/mol. The van der Waals surface area contributed by atoms with Crippen LogP contribution in [-0.2, 0) is 7.05 Å². The minimum absolute atomic E-state index is 0.233. The van der Waals surface area contributed by atoms with Gasteiger partial charge in [0.15, 0.2) is 5.82 Å². The van der Waals surface area contributed by atoms with Gasteiger partial charge in [-0.05, 0) is 24.6 Å². The molecule has 17 heavy (non-hydrogen) atoms. The standard InChI is InChI=1S/C13H16FN3/c1-8-6-15-7-9(8)13-16-12-10(14)4-3-5-11(12)17(13)2/h3-5,8-9,15H,6-7H2,1-2H3. The number of hydrogen-bond acceptors (Lipinski definition) is 2. The number of nitrogens with zero attached hydrogens (tertiary/aromatic N) is 2. The van der Waals surface area contributed by atoms with Crippen LogP contribution >= 0.6 is 0 Å². The second kappa shape index (κ2) is 3.81. The Hall–Kier alpha value is -1.42. The third kappa shape index (κ3) is 1.55. The summed E-state index contributed by atoms with van der Waals surface area (Å²) < 4.78 is 15.7. The van der Waals surface area contributed by atoms with Crippen LogP contribution in [0.4, 0.5) is 4.39 Å². The summed E-state index contributed by atoms with van der Waals surface area (Å²) in [6.45, 7) is 4.15. The van der Waals surface area contributed by atoms with E-state index in [2.05, 4.69) is 17.2 Å². The number of nitrogens with one attached hydrogen (secondary N) is 1. The zero-order valence-corrected chi connectivity index (χ0v) is 10.1. The van der Waals surface area contributed by atoms with Crippen LogP contribution in [0.2, 0.25) is 0 Å². The van der Waals surface area contributed by atoms with Crippen LogP contribution < -0.4 is 5.32 Å². The van der Waals surface area contributed by atoms with E-state index in [0.29, 0.717) is 17.4 Å². The molecule has 2 atom stereocenters. The van der Waals surface area contributed by atoms with Crippen LogP contribution in [0.5, 0.6) is 0 Å². The molecular formula is C13H16FN3. The lowest BCUT2D eigenvalue weighted by Gasteiger charge is -2.13. The molecule has 2 heterocycles. The van der Waals surface area contributed by atoms with Crippen LogP contribution in [0, 0.1) is 11.7 Å². The topological polar surface area (TPSA) is 29.9 Å². The van der Waals surface area contributed by atoms with Gasteiger partial charge in [-0.2, -0.15) is 0 Å². The van der Waals surface area contributed by atoms with E-state index >= 15 is 0 Å². The Labute approximate surface area is 99.7 Å². The molecule has 1 aromatic heterocycles. The molecule has 0 amide bonds. The van der Waals surface area contributed by atoms with Crippen molar-refractivity contribution in [3.63, 3.8) is 0 Å². The molecule has 0 aliphatic carbocycles. The van der Waals surface area contributed by atoms with Crippen molar-refractivity contribution in [1.29, 1.82) is 0 Å². The van der Waals surface area contributed by atoms with Gasteiger partial charge in [0.25, 0.3) is 0 Å². The van der Waals surface area contributed by atoms with Gasteiger partial charge in [0, 0.05) is 19.5 Å². The number of benzene rings is 1. The van der Waals surface area contributed by atoms with E-state index in [1.165, 1.54) is 6.07 Å². The van der Waals surface area contributed by atoms with E-state index in [4.69, 9.17) is 0 Å². The Bertz CT molecular complexity index is 561. The quantitative estimate of drug-likeness (QED) is 0.816. The summed E-state index contributed by atoms with van der Waals surface area (Å²) in [4.78, 5) is 4.49. The monoisotopic (exact) mass is 233 g/mol. The number of rotatable bonds is 1. The van der Waals surface area contributed by atoms with Gasteiger partial charge in [0.1, 0.15) is 11.3 Å². The maximum atomic E-state index is 13.7. The molecule has 3 nitrogen and oxygen atoms in total. The molecule has 1 saturated heterocycles. The summed E-state index contributed by atoms with van der Waals surface area (Å²) in [5, 5.41) is 3.36. The highest BCUT2D eigenvalue weighted by molar-refractivity contribution is 5.76. The first kappa shape index (κ1) is 10.7. The summed E-state index contributed by atoms with van der Waals surface area (Å²) in [6.07, 6.45) is 0. The zero-order chi connectivity index (χ0) is 12.0. The molecular weight excluding hydrogens is 217 g/mol. The maximum Gasteiger partial charge on any atom is 0.151 e. The molecule has 4 heteroatoms. The van der Waals surface area contributed by atoms with E-state index < -0.39 is 0 Å². The molecule has 1 fully saturated rings. The van der Waals surface area contributed by atoms with Crippen LogP contribution in [0.1, 0.15) is 18.7 Å². The van der Waals surface area contributed by atoms with E-state index in [1.54, 1.807) is 6.07 Å². The fourth-order valence-corrected chi connectivity index (χ4v) is 2.69. The number of hydrogen-bond donors (Lipinski definition) is 1. The molecule has 0 spiro atoms. The number of para-hydroxylation sites is 1. The van der Waals surface area contributed by atoms with Crippen molar-refractivity contribution in [3.05, 3.63) is 29.8 Å². The summed E-state index contributed by atoms with van der Waals surface area (Å²) in [7, 11) is 1.97. The highest BCUT2D eigenvalue weighted by Gasteiger charge is 2.29. The minimum Gasteiger partial charge on any atom is -0.331 e. The van der Waals surface area contributed by atoms with Gasteiger partial charge < -0.3 is 9.88 Å². The number of fused-ring (bicyclic) bond motifs is 1. The van der Waals surface area contributed by atoms with Crippen molar-refractivity contribution >= 4 is 11.0 Å². The third-order valence-corrected chi connectivity index (χ3v) is 3.75.